The molecule has 0 spiro atoms. The van der Waals surface area contributed by atoms with E-state index in [1.54, 1.807) is 6.07 Å². The summed E-state index contributed by atoms with van der Waals surface area (Å²) in [6, 6.07) is 9.01. The van der Waals surface area contributed by atoms with Gasteiger partial charge in [0, 0.05) is 12.1 Å². The maximum Gasteiger partial charge on any atom is 0.261 e. The summed E-state index contributed by atoms with van der Waals surface area (Å²) in [5, 5.41) is 6.59. The molecule has 0 aliphatic heterocycles. The second-order valence-electron chi connectivity index (χ2n) is 4.31. The number of carbonyl (C=O) groups is 1. The lowest BCUT2D eigenvalue weighted by Crippen LogP contribution is -2.31. The highest BCUT2D eigenvalue weighted by atomic mass is 16.2. The molecule has 1 amide bonds. The first-order valence-electron chi connectivity index (χ1n) is 6.27. The molecule has 1 aromatic heterocycles. The molecule has 1 aromatic carbocycles. The van der Waals surface area contributed by atoms with Crippen molar-refractivity contribution in [2.24, 2.45) is 0 Å². The van der Waals surface area contributed by atoms with Gasteiger partial charge in [-0.1, -0.05) is 18.2 Å². The molecule has 3 N–H and O–H groups in total. The van der Waals surface area contributed by atoms with Crippen LogP contribution in [0.1, 0.15) is 16.8 Å². The number of aromatic nitrogens is 1. The summed E-state index contributed by atoms with van der Waals surface area (Å²) in [5.74, 6) is -0.330. The molecule has 100 valence electrons. The van der Waals surface area contributed by atoms with Gasteiger partial charge in [-0.2, -0.15) is 0 Å². The molecular formula is C14H17N3O2. The van der Waals surface area contributed by atoms with Crippen molar-refractivity contribution in [1.82, 2.24) is 15.6 Å². The topological polar surface area (TPSA) is 74.0 Å². The molecule has 0 saturated carbocycles. The third-order valence-corrected chi connectivity index (χ3v) is 2.89. The maximum absolute atomic E-state index is 11.9. The van der Waals surface area contributed by atoms with E-state index in [0.717, 1.165) is 23.9 Å². The van der Waals surface area contributed by atoms with Gasteiger partial charge in [-0.3, -0.25) is 9.59 Å². The number of hydrogen-bond donors (Lipinski definition) is 3. The number of hydrogen-bond acceptors (Lipinski definition) is 3. The molecule has 0 atom stereocenters. The highest BCUT2D eigenvalue weighted by molar-refractivity contribution is 5.97. The first kappa shape index (κ1) is 13.3. The summed E-state index contributed by atoms with van der Waals surface area (Å²) in [4.78, 5) is 26.5. The predicted molar refractivity (Wildman–Crippen MR) is 75.4 cm³/mol. The molecule has 19 heavy (non-hydrogen) atoms. The fourth-order valence-corrected chi connectivity index (χ4v) is 1.88. The van der Waals surface area contributed by atoms with Crippen molar-refractivity contribution < 1.29 is 4.79 Å². The van der Waals surface area contributed by atoms with E-state index in [9.17, 15) is 9.59 Å². The Kier molecular flexibility index (Phi) is 4.30. The van der Waals surface area contributed by atoms with Crippen LogP contribution >= 0.6 is 0 Å². The van der Waals surface area contributed by atoms with Crippen LogP contribution in [0, 0.1) is 0 Å². The van der Waals surface area contributed by atoms with Crippen molar-refractivity contribution in [2.75, 3.05) is 20.1 Å². The Hall–Kier alpha value is -2.14. The van der Waals surface area contributed by atoms with Crippen LogP contribution in [0.25, 0.3) is 10.9 Å². The van der Waals surface area contributed by atoms with Crippen molar-refractivity contribution in [1.29, 1.82) is 0 Å². The Morgan fingerprint density at radius 2 is 2.05 bits per heavy atom. The summed E-state index contributed by atoms with van der Waals surface area (Å²) < 4.78 is 0. The van der Waals surface area contributed by atoms with Crippen LogP contribution < -0.4 is 16.2 Å². The van der Waals surface area contributed by atoms with Gasteiger partial charge in [0.2, 0.25) is 0 Å². The first-order chi connectivity index (χ1) is 9.22. The van der Waals surface area contributed by atoms with Crippen LogP contribution in [0.15, 0.2) is 35.1 Å². The van der Waals surface area contributed by atoms with Crippen molar-refractivity contribution in [3.63, 3.8) is 0 Å². The quantitative estimate of drug-likeness (QED) is 0.697. The number of para-hydroxylation sites is 1. The average molecular weight is 259 g/mol. The van der Waals surface area contributed by atoms with Crippen LogP contribution in [0.4, 0.5) is 0 Å². The first-order valence-corrected chi connectivity index (χ1v) is 6.27. The Morgan fingerprint density at radius 1 is 1.26 bits per heavy atom. The molecular weight excluding hydrogens is 242 g/mol. The predicted octanol–water partition coefficient (Wildman–Crippen LogP) is 0.867. The van der Waals surface area contributed by atoms with E-state index in [0.29, 0.717) is 6.54 Å². The number of benzene rings is 1. The molecule has 0 bridgehead atoms. The minimum atomic E-state index is -0.357. The normalized spacial score (nSPS) is 10.6. The fourth-order valence-electron chi connectivity index (χ4n) is 1.88. The smallest absolute Gasteiger partial charge is 0.261 e. The van der Waals surface area contributed by atoms with Crippen LogP contribution in [0.2, 0.25) is 0 Å². The number of fused-ring (bicyclic) bond motifs is 1. The molecule has 2 aromatic rings. The molecule has 5 heteroatoms. The number of amides is 1. The SMILES string of the molecule is CNCCCNC(=O)c1cc2ccccc2[nH]c1=O. The van der Waals surface area contributed by atoms with Crippen LogP contribution in [0.5, 0.6) is 0 Å². The number of rotatable bonds is 5. The van der Waals surface area contributed by atoms with Crippen LogP contribution in [0.3, 0.4) is 0 Å². The monoisotopic (exact) mass is 259 g/mol. The number of nitrogens with one attached hydrogen (secondary N) is 3. The Balaban J connectivity index is 2.17. The summed E-state index contributed by atoms with van der Waals surface area (Å²) in [6.07, 6.45) is 0.827. The van der Waals surface area contributed by atoms with Gasteiger partial charge >= 0.3 is 0 Å². The number of pyridine rings is 1. The fraction of sp³-hybridized carbons (Fsp3) is 0.286. The lowest BCUT2D eigenvalue weighted by atomic mass is 10.1. The zero-order chi connectivity index (χ0) is 13.7. The van der Waals surface area contributed by atoms with Crippen molar-refractivity contribution in [2.45, 2.75) is 6.42 Å². The molecule has 0 aliphatic carbocycles. The van der Waals surface area contributed by atoms with Crippen molar-refractivity contribution >= 4 is 16.8 Å². The third kappa shape index (κ3) is 3.20. The second kappa shape index (κ2) is 6.15. The van der Waals surface area contributed by atoms with E-state index in [2.05, 4.69) is 15.6 Å². The zero-order valence-electron chi connectivity index (χ0n) is 10.8. The highest BCUT2D eigenvalue weighted by Gasteiger charge is 2.10. The summed E-state index contributed by atoms with van der Waals surface area (Å²) in [6.45, 7) is 1.38. The van der Waals surface area contributed by atoms with E-state index >= 15 is 0 Å². The Morgan fingerprint density at radius 3 is 2.84 bits per heavy atom. The minimum absolute atomic E-state index is 0.156. The maximum atomic E-state index is 11.9. The van der Waals surface area contributed by atoms with Gasteiger partial charge in [0.15, 0.2) is 0 Å². The van der Waals surface area contributed by atoms with Gasteiger partial charge in [0.25, 0.3) is 11.5 Å². The van der Waals surface area contributed by atoms with Crippen LogP contribution in [-0.2, 0) is 0 Å². The molecule has 0 aliphatic rings. The standard InChI is InChI=1S/C14H17N3O2/c1-15-7-4-8-16-13(18)11-9-10-5-2-3-6-12(10)17-14(11)19/h2-3,5-6,9,15H,4,7-8H2,1H3,(H,16,18)(H,17,19). The number of aromatic amines is 1. The van der Waals surface area contributed by atoms with E-state index in [1.807, 2.05) is 31.3 Å². The number of carbonyl (C=O) groups excluding carboxylic acids is 1. The largest absolute Gasteiger partial charge is 0.352 e. The minimum Gasteiger partial charge on any atom is -0.352 e. The van der Waals surface area contributed by atoms with Gasteiger partial charge in [-0.05, 0) is 37.5 Å². The van der Waals surface area contributed by atoms with Gasteiger partial charge in [-0.15, -0.1) is 0 Å². The van der Waals surface area contributed by atoms with Gasteiger partial charge in [-0.25, -0.2) is 0 Å². The van der Waals surface area contributed by atoms with Gasteiger partial charge < -0.3 is 15.6 Å². The van der Waals surface area contributed by atoms with E-state index < -0.39 is 0 Å². The summed E-state index contributed by atoms with van der Waals surface area (Å²) in [5.41, 5.74) is 0.534. The third-order valence-electron chi connectivity index (χ3n) is 2.89. The average Bonchev–Trinajstić information content (AvgIpc) is 2.42. The second-order valence-corrected chi connectivity index (χ2v) is 4.31. The Labute approximate surface area is 111 Å². The summed E-state index contributed by atoms with van der Waals surface area (Å²) in [7, 11) is 1.86. The lowest BCUT2D eigenvalue weighted by Gasteiger charge is -2.05. The molecule has 0 unspecified atom stereocenters. The van der Waals surface area contributed by atoms with E-state index in [-0.39, 0.29) is 17.0 Å². The van der Waals surface area contributed by atoms with E-state index in [1.165, 1.54) is 0 Å². The molecule has 0 fully saturated rings. The van der Waals surface area contributed by atoms with Gasteiger partial charge in [0.1, 0.15) is 5.56 Å². The van der Waals surface area contributed by atoms with Crippen LogP contribution in [-0.4, -0.2) is 31.0 Å². The molecule has 0 saturated heterocycles. The molecule has 1 heterocycles. The summed E-state index contributed by atoms with van der Waals surface area (Å²) >= 11 is 0. The molecule has 2 rings (SSSR count). The van der Waals surface area contributed by atoms with Crippen molar-refractivity contribution in [3.8, 4) is 0 Å². The molecule has 0 radical (unpaired) electrons. The van der Waals surface area contributed by atoms with Gasteiger partial charge in [0.05, 0.1) is 0 Å². The number of H-pyrrole nitrogens is 1. The Bertz CT molecular complexity index is 634. The highest BCUT2D eigenvalue weighted by Crippen LogP contribution is 2.09. The zero-order valence-corrected chi connectivity index (χ0v) is 10.8. The van der Waals surface area contributed by atoms with Crippen molar-refractivity contribution in [3.05, 3.63) is 46.2 Å². The molecule has 5 nitrogen and oxygen atoms in total. The van der Waals surface area contributed by atoms with E-state index in [4.69, 9.17) is 0 Å². The lowest BCUT2D eigenvalue weighted by molar-refractivity contribution is 0.0952.